The monoisotopic (exact) mass is 587 g/mol. The van der Waals surface area contributed by atoms with Crippen molar-refractivity contribution >= 4 is 41.2 Å². The fourth-order valence-corrected chi connectivity index (χ4v) is 3.91. The molecule has 2 aliphatic heterocycles. The summed E-state index contributed by atoms with van der Waals surface area (Å²) in [6.07, 6.45) is 3.61. The molecule has 1 saturated heterocycles. The second-order valence-corrected chi connectivity index (χ2v) is 10.6. The summed E-state index contributed by atoms with van der Waals surface area (Å²) in [5, 5.41) is 3.17. The van der Waals surface area contributed by atoms with E-state index in [0.717, 1.165) is 4.90 Å². The van der Waals surface area contributed by atoms with Gasteiger partial charge in [-0.2, -0.15) is 0 Å². The zero-order valence-electron chi connectivity index (χ0n) is 24.3. The van der Waals surface area contributed by atoms with Gasteiger partial charge in [0.05, 0.1) is 36.2 Å². The van der Waals surface area contributed by atoms with Crippen molar-refractivity contribution in [1.82, 2.24) is 9.96 Å². The van der Waals surface area contributed by atoms with Gasteiger partial charge in [-0.1, -0.05) is 0 Å². The van der Waals surface area contributed by atoms with Gasteiger partial charge in [-0.05, 0) is 51.8 Å². The SMILES string of the molecule is COC(C)(C)COC(C)CCOc1ccc(C(=O)ON2C(=O)CCC2=O)cc1NC(=O)CCCCN1C(=O)C=CC1=O. The van der Waals surface area contributed by atoms with Crippen molar-refractivity contribution < 1.29 is 47.8 Å². The van der Waals surface area contributed by atoms with Gasteiger partial charge in [0.2, 0.25) is 5.91 Å². The van der Waals surface area contributed by atoms with Crippen LogP contribution in [0.25, 0.3) is 0 Å². The second kappa shape index (κ2) is 14.7. The first-order valence-corrected chi connectivity index (χ1v) is 13.8. The van der Waals surface area contributed by atoms with E-state index >= 15 is 0 Å². The first-order valence-electron chi connectivity index (χ1n) is 13.8. The Morgan fingerprint density at radius 3 is 2.33 bits per heavy atom. The van der Waals surface area contributed by atoms with Crippen LogP contribution in [0.1, 0.15) is 69.7 Å². The van der Waals surface area contributed by atoms with Crippen LogP contribution in [0.5, 0.6) is 5.75 Å². The van der Waals surface area contributed by atoms with Crippen molar-refractivity contribution in [2.45, 2.75) is 71.0 Å². The summed E-state index contributed by atoms with van der Waals surface area (Å²) in [6, 6.07) is 4.23. The van der Waals surface area contributed by atoms with E-state index in [1.165, 1.54) is 30.4 Å². The number of nitrogens with one attached hydrogen (secondary N) is 1. The van der Waals surface area contributed by atoms with Gasteiger partial charge >= 0.3 is 5.97 Å². The predicted molar refractivity (Wildman–Crippen MR) is 148 cm³/mol. The molecule has 13 nitrogen and oxygen atoms in total. The highest BCUT2D eigenvalue weighted by Gasteiger charge is 2.33. The summed E-state index contributed by atoms with van der Waals surface area (Å²) in [5.41, 5.74) is -0.253. The van der Waals surface area contributed by atoms with Crippen LogP contribution in [0, 0.1) is 0 Å². The summed E-state index contributed by atoms with van der Waals surface area (Å²) in [5.74, 6) is -3.02. The van der Waals surface area contributed by atoms with E-state index in [-0.39, 0.29) is 73.2 Å². The predicted octanol–water partition coefficient (Wildman–Crippen LogP) is 2.54. The van der Waals surface area contributed by atoms with Crippen molar-refractivity contribution in [3.63, 3.8) is 0 Å². The van der Waals surface area contributed by atoms with Crippen LogP contribution in [-0.2, 0) is 38.3 Å². The van der Waals surface area contributed by atoms with Crippen LogP contribution in [0.4, 0.5) is 5.69 Å². The van der Waals surface area contributed by atoms with Crippen molar-refractivity contribution in [3.05, 3.63) is 35.9 Å². The minimum Gasteiger partial charge on any atom is -0.491 e. The number of anilines is 1. The van der Waals surface area contributed by atoms with Gasteiger partial charge in [0, 0.05) is 51.5 Å². The molecule has 1 fully saturated rings. The number of hydrogen-bond acceptors (Lipinski definition) is 10. The highest BCUT2D eigenvalue weighted by Crippen LogP contribution is 2.28. The Kier molecular flexibility index (Phi) is 11.3. The summed E-state index contributed by atoms with van der Waals surface area (Å²) < 4.78 is 17.1. The topological polar surface area (TPSA) is 158 Å². The lowest BCUT2D eigenvalue weighted by molar-refractivity contribution is -0.172. The van der Waals surface area contributed by atoms with Crippen molar-refractivity contribution in [2.75, 3.05) is 32.2 Å². The Morgan fingerprint density at radius 1 is 1.02 bits per heavy atom. The Labute approximate surface area is 244 Å². The molecule has 2 heterocycles. The van der Waals surface area contributed by atoms with Gasteiger partial charge in [0.25, 0.3) is 23.6 Å². The number of hydrogen-bond donors (Lipinski definition) is 1. The van der Waals surface area contributed by atoms with Crippen LogP contribution < -0.4 is 10.1 Å². The molecule has 1 aromatic rings. The zero-order valence-corrected chi connectivity index (χ0v) is 24.3. The third-order valence-corrected chi connectivity index (χ3v) is 6.66. The molecule has 0 spiro atoms. The van der Waals surface area contributed by atoms with E-state index in [1.807, 2.05) is 20.8 Å². The fraction of sp³-hybridized carbons (Fsp3) is 0.517. The number of unbranched alkanes of at least 4 members (excludes halogenated alkanes) is 1. The van der Waals surface area contributed by atoms with Gasteiger partial charge in [-0.3, -0.25) is 28.9 Å². The molecule has 0 bridgehead atoms. The second-order valence-electron chi connectivity index (χ2n) is 10.6. The lowest BCUT2D eigenvalue weighted by Gasteiger charge is -2.25. The number of methoxy groups -OCH3 is 1. The molecule has 1 N–H and O–H groups in total. The molecule has 0 radical (unpaired) electrons. The maximum absolute atomic E-state index is 12.8. The van der Waals surface area contributed by atoms with Gasteiger partial charge in [-0.15, -0.1) is 5.06 Å². The molecule has 5 amide bonds. The average molecular weight is 588 g/mol. The maximum atomic E-state index is 12.8. The van der Waals surface area contributed by atoms with E-state index in [9.17, 15) is 28.8 Å². The number of rotatable bonds is 16. The minimum atomic E-state index is -0.947. The Bertz CT molecular complexity index is 1210. The van der Waals surface area contributed by atoms with Crippen LogP contribution in [0.15, 0.2) is 30.4 Å². The van der Waals surface area contributed by atoms with E-state index in [4.69, 9.17) is 19.0 Å². The minimum absolute atomic E-state index is 0.0118. The summed E-state index contributed by atoms with van der Waals surface area (Å²) in [7, 11) is 1.61. The summed E-state index contributed by atoms with van der Waals surface area (Å²) in [6.45, 7) is 6.55. The number of nitrogens with zero attached hydrogens (tertiary/aromatic N) is 2. The molecule has 3 rings (SSSR count). The number of benzene rings is 1. The van der Waals surface area contributed by atoms with Crippen LogP contribution in [-0.4, -0.2) is 84.0 Å². The highest BCUT2D eigenvalue weighted by atomic mass is 16.7. The Hall–Kier alpha value is -4.10. The van der Waals surface area contributed by atoms with Crippen molar-refractivity contribution in [2.24, 2.45) is 0 Å². The van der Waals surface area contributed by atoms with Crippen LogP contribution in [0.2, 0.25) is 0 Å². The first-order chi connectivity index (χ1) is 19.9. The number of imide groups is 2. The number of carbonyl (C=O) groups excluding carboxylic acids is 6. The zero-order chi connectivity index (χ0) is 30.9. The number of carbonyl (C=O) groups is 6. The quantitative estimate of drug-likeness (QED) is 0.225. The summed E-state index contributed by atoms with van der Waals surface area (Å²) >= 11 is 0. The number of hydroxylamine groups is 2. The fourth-order valence-electron chi connectivity index (χ4n) is 3.91. The number of ether oxygens (including phenoxy) is 3. The molecule has 42 heavy (non-hydrogen) atoms. The van der Waals surface area contributed by atoms with Crippen LogP contribution >= 0.6 is 0 Å². The molecule has 0 aliphatic carbocycles. The van der Waals surface area contributed by atoms with Gasteiger partial charge in [0.1, 0.15) is 5.75 Å². The Morgan fingerprint density at radius 2 is 1.69 bits per heavy atom. The van der Waals surface area contributed by atoms with E-state index in [2.05, 4.69) is 5.32 Å². The molecule has 0 saturated carbocycles. The van der Waals surface area contributed by atoms with Gasteiger partial charge in [-0.25, -0.2) is 4.79 Å². The summed E-state index contributed by atoms with van der Waals surface area (Å²) in [4.78, 5) is 78.6. The molecule has 13 heteroatoms. The van der Waals surface area contributed by atoms with E-state index in [1.54, 1.807) is 7.11 Å². The highest BCUT2D eigenvalue weighted by molar-refractivity contribution is 6.12. The lowest BCUT2D eigenvalue weighted by Crippen LogP contribution is -2.32. The third-order valence-electron chi connectivity index (χ3n) is 6.66. The molecular weight excluding hydrogens is 550 g/mol. The normalized spacial score (nSPS) is 15.9. The van der Waals surface area contributed by atoms with Gasteiger partial charge < -0.3 is 24.4 Å². The van der Waals surface area contributed by atoms with E-state index in [0.29, 0.717) is 30.9 Å². The Balaban J connectivity index is 1.61. The average Bonchev–Trinajstić information content (AvgIpc) is 3.45. The lowest BCUT2D eigenvalue weighted by atomic mass is 10.1. The molecule has 1 atom stereocenters. The van der Waals surface area contributed by atoms with E-state index < -0.39 is 23.4 Å². The molecule has 228 valence electrons. The number of amides is 5. The standard InChI is InChI=1S/C29H37N3O10/c1-19(41-18-29(2,3)39-4)14-16-40-22-9-8-20(28(38)42-32-26(36)12-13-27(32)37)17-21(22)30-23(33)7-5-6-15-31-24(34)10-11-25(31)35/h8-11,17,19H,5-7,12-16,18H2,1-4H3,(H,30,33). The molecular formula is C29H37N3O10. The molecule has 2 aliphatic rings. The maximum Gasteiger partial charge on any atom is 0.363 e. The first kappa shape index (κ1) is 32.4. The smallest absolute Gasteiger partial charge is 0.363 e. The molecule has 0 aromatic heterocycles. The van der Waals surface area contributed by atoms with Gasteiger partial charge in [0.15, 0.2) is 0 Å². The van der Waals surface area contributed by atoms with Crippen LogP contribution in [0.3, 0.4) is 0 Å². The molecule has 1 unspecified atom stereocenters. The van der Waals surface area contributed by atoms with Crippen molar-refractivity contribution in [1.29, 1.82) is 0 Å². The largest absolute Gasteiger partial charge is 0.491 e. The third kappa shape index (κ3) is 9.21. The van der Waals surface area contributed by atoms with Crippen molar-refractivity contribution in [3.8, 4) is 5.75 Å². The molecule has 1 aromatic carbocycles.